The molecule has 1 unspecified atom stereocenters. The Hall–Kier alpha value is -1.60. The molecule has 1 atom stereocenters. The van der Waals surface area contributed by atoms with E-state index >= 15 is 0 Å². The summed E-state index contributed by atoms with van der Waals surface area (Å²) < 4.78 is 0. The van der Waals surface area contributed by atoms with E-state index in [1.807, 2.05) is 19.1 Å². The van der Waals surface area contributed by atoms with Crippen molar-refractivity contribution in [1.82, 2.24) is 4.98 Å². The molecule has 1 rings (SSSR count). The lowest BCUT2D eigenvalue weighted by molar-refractivity contribution is 0.678. The third-order valence-electron chi connectivity index (χ3n) is 1.93. The molecule has 74 valence electrons. The highest BCUT2D eigenvalue weighted by molar-refractivity contribution is 5.38. The van der Waals surface area contributed by atoms with Gasteiger partial charge in [-0.3, -0.25) is 0 Å². The smallest absolute Gasteiger partial charge is 0.142 e. The summed E-state index contributed by atoms with van der Waals surface area (Å²) >= 11 is 0. The lowest BCUT2D eigenvalue weighted by Gasteiger charge is -2.10. The average molecular weight is 190 g/mol. The first-order valence-electron chi connectivity index (χ1n) is 4.63. The zero-order valence-electron chi connectivity index (χ0n) is 8.20. The Bertz CT molecular complexity index is 329. The van der Waals surface area contributed by atoms with E-state index in [4.69, 9.17) is 11.0 Å². The molecule has 1 aromatic rings. The number of nitriles is 1. The van der Waals surface area contributed by atoms with E-state index in [0.29, 0.717) is 18.1 Å². The van der Waals surface area contributed by atoms with Crippen LogP contribution in [0.25, 0.3) is 0 Å². The Kier molecular flexibility index (Phi) is 3.89. The Morgan fingerprint density at radius 2 is 2.43 bits per heavy atom. The van der Waals surface area contributed by atoms with E-state index < -0.39 is 0 Å². The fraction of sp³-hybridized carbons (Fsp3) is 0.400. The van der Waals surface area contributed by atoms with Crippen LogP contribution in [0.4, 0.5) is 5.82 Å². The fourth-order valence-corrected chi connectivity index (χ4v) is 0.975. The molecule has 0 radical (unpaired) electrons. The molecular formula is C10H14N4. The lowest BCUT2D eigenvalue weighted by atomic mass is 10.2. The van der Waals surface area contributed by atoms with Crippen molar-refractivity contribution in [2.45, 2.75) is 19.4 Å². The molecule has 0 fully saturated rings. The van der Waals surface area contributed by atoms with Crippen molar-refractivity contribution in [3.05, 3.63) is 23.9 Å². The van der Waals surface area contributed by atoms with E-state index in [-0.39, 0.29) is 6.04 Å². The molecular weight excluding hydrogens is 176 g/mol. The highest BCUT2D eigenvalue weighted by Crippen LogP contribution is 2.03. The first-order valence-corrected chi connectivity index (χ1v) is 4.63. The van der Waals surface area contributed by atoms with Gasteiger partial charge in [-0.25, -0.2) is 4.98 Å². The minimum Gasteiger partial charge on any atom is -0.368 e. The number of rotatable bonds is 4. The van der Waals surface area contributed by atoms with Gasteiger partial charge in [-0.1, -0.05) is 13.0 Å². The van der Waals surface area contributed by atoms with Gasteiger partial charge in [-0.2, -0.15) is 5.26 Å². The second kappa shape index (κ2) is 5.20. The Balaban J connectivity index is 2.55. The van der Waals surface area contributed by atoms with Gasteiger partial charge in [0.2, 0.25) is 0 Å². The standard InChI is InChI=1S/C10H14N4/c1-2-8(12)7-13-10-5-3-4-9(6-11)14-10/h3-5,8H,2,7,12H2,1H3,(H,13,14). The molecule has 4 heteroatoms. The van der Waals surface area contributed by atoms with E-state index in [9.17, 15) is 0 Å². The van der Waals surface area contributed by atoms with Crippen molar-refractivity contribution in [3.63, 3.8) is 0 Å². The number of anilines is 1. The van der Waals surface area contributed by atoms with E-state index in [1.54, 1.807) is 12.1 Å². The second-order valence-electron chi connectivity index (χ2n) is 3.07. The number of hydrogen-bond acceptors (Lipinski definition) is 4. The summed E-state index contributed by atoms with van der Waals surface area (Å²) in [5, 5.41) is 11.7. The summed E-state index contributed by atoms with van der Waals surface area (Å²) in [7, 11) is 0. The topological polar surface area (TPSA) is 74.7 Å². The zero-order valence-corrected chi connectivity index (χ0v) is 8.20. The van der Waals surface area contributed by atoms with Crippen LogP contribution in [-0.4, -0.2) is 17.6 Å². The van der Waals surface area contributed by atoms with Gasteiger partial charge in [-0.15, -0.1) is 0 Å². The predicted molar refractivity (Wildman–Crippen MR) is 55.7 cm³/mol. The Morgan fingerprint density at radius 1 is 1.64 bits per heavy atom. The number of nitrogens with zero attached hydrogens (tertiary/aromatic N) is 2. The van der Waals surface area contributed by atoms with Crippen LogP contribution >= 0.6 is 0 Å². The molecule has 1 heterocycles. The van der Waals surface area contributed by atoms with Gasteiger partial charge in [0.1, 0.15) is 17.6 Å². The highest BCUT2D eigenvalue weighted by atomic mass is 15.0. The van der Waals surface area contributed by atoms with Gasteiger partial charge in [0.25, 0.3) is 0 Å². The minimum absolute atomic E-state index is 0.127. The molecule has 0 saturated carbocycles. The van der Waals surface area contributed by atoms with Crippen LogP contribution in [0.2, 0.25) is 0 Å². The minimum atomic E-state index is 0.127. The van der Waals surface area contributed by atoms with Crippen molar-refractivity contribution in [2.75, 3.05) is 11.9 Å². The molecule has 0 bridgehead atoms. The maximum Gasteiger partial charge on any atom is 0.142 e. The first kappa shape index (κ1) is 10.5. The summed E-state index contributed by atoms with van der Waals surface area (Å²) in [6.07, 6.45) is 0.922. The summed E-state index contributed by atoms with van der Waals surface area (Å²) in [6, 6.07) is 7.41. The number of nitrogens with two attached hydrogens (primary N) is 1. The molecule has 0 spiro atoms. The summed E-state index contributed by atoms with van der Waals surface area (Å²) in [5.41, 5.74) is 6.15. The summed E-state index contributed by atoms with van der Waals surface area (Å²) in [6.45, 7) is 2.71. The average Bonchev–Trinajstić information content (AvgIpc) is 2.26. The predicted octanol–water partition coefficient (Wildman–Crippen LogP) is 1.10. The monoisotopic (exact) mass is 190 g/mol. The molecule has 0 amide bonds. The number of hydrogen-bond donors (Lipinski definition) is 2. The number of aromatic nitrogens is 1. The first-order chi connectivity index (χ1) is 6.76. The van der Waals surface area contributed by atoms with Crippen LogP contribution in [0.1, 0.15) is 19.0 Å². The van der Waals surface area contributed by atoms with E-state index in [1.165, 1.54) is 0 Å². The highest BCUT2D eigenvalue weighted by Gasteiger charge is 1.99. The van der Waals surface area contributed by atoms with Crippen molar-refractivity contribution >= 4 is 5.82 Å². The van der Waals surface area contributed by atoms with Crippen molar-refractivity contribution in [1.29, 1.82) is 5.26 Å². The zero-order chi connectivity index (χ0) is 10.4. The van der Waals surface area contributed by atoms with E-state index in [0.717, 1.165) is 6.42 Å². The second-order valence-corrected chi connectivity index (χ2v) is 3.07. The van der Waals surface area contributed by atoms with Crippen molar-refractivity contribution in [2.24, 2.45) is 5.73 Å². The molecule has 0 aliphatic carbocycles. The van der Waals surface area contributed by atoms with Crippen LogP contribution in [-0.2, 0) is 0 Å². The molecule has 14 heavy (non-hydrogen) atoms. The fourth-order valence-electron chi connectivity index (χ4n) is 0.975. The van der Waals surface area contributed by atoms with Crippen LogP contribution in [0.5, 0.6) is 0 Å². The third kappa shape index (κ3) is 3.04. The third-order valence-corrected chi connectivity index (χ3v) is 1.93. The van der Waals surface area contributed by atoms with Crippen LogP contribution in [0.3, 0.4) is 0 Å². The van der Waals surface area contributed by atoms with Crippen LogP contribution < -0.4 is 11.1 Å². The van der Waals surface area contributed by atoms with Crippen molar-refractivity contribution in [3.8, 4) is 6.07 Å². The maximum atomic E-state index is 8.62. The number of pyridine rings is 1. The summed E-state index contributed by atoms with van der Waals surface area (Å²) in [4.78, 5) is 4.07. The maximum absolute atomic E-state index is 8.62. The Morgan fingerprint density at radius 3 is 3.07 bits per heavy atom. The van der Waals surface area contributed by atoms with Gasteiger partial charge in [0.15, 0.2) is 0 Å². The van der Waals surface area contributed by atoms with Crippen LogP contribution in [0, 0.1) is 11.3 Å². The number of nitrogens with one attached hydrogen (secondary N) is 1. The van der Waals surface area contributed by atoms with Gasteiger partial charge in [-0.05, 0) is 18.6 Å². The molecule has 0 aliphatic heterocycles. The molecule has 1 aromatic heterocycles. The summed E-state index contributed by atoms with van der Waals surface area (Å²) in [5.74, 6) is 0.702. The molecule has 0 aromatic carbocycles. The van der Waals surface area contributed by atoms with E-state index in [2.05, 4.69) is 10.3 Å². The Labute approximate surface area is 83.8 Å². The van der Waals surface area contributed by atoms with Gasteiger partial charge in [0, 0.05) is 12.6 Å². The largest absolute Gasteiger partial charge is 0.368 e. The molecule has 0 aliphatic rings. The molecule has 0 saturated heterocycles. The van der Waals surface area contributed by atoms with Crippen molar-refractivity contribution < 1.29 is 0 Å². The quantitative estimate of drug-likeness (QED) is 0.745. The lowest BCUT2D eigenvalue weighted by Crippen LogP contribution is -2.28. The molecule has 3 N–H and O–H groups in total. The molecule has 4 nitrogen and oxygen atoms in total. The van der Waals surface area contributed by atoms with Gasteiger partial charge < -0.3 is 11.1 Å². The van der Waals surface area contributed by atoms with Gasteiger partial charge >= 0.3 is 0 Å². The van der Waals surface area contributed by atoms with Crippen LogP contribution in [0.15, 0.2) is 18.2 Å². The SMILES string of the molecule is CCC(N)CNc1cccc(C#N)n1. The normalized spacial score (nSPS) is 11.8. The van der Waals surface area contributed by atoms with Gasteiger partial charge in [0.05, 0.1) is 0 Å².